The Bertz CT molecular complexity index is 627. The Morgan fingerprint density at radius 3 is 2.79 bits per heavy atom. The highest BCUT2D eigenvalue weighted by atomic mass is 16.5. The zero-order valence-electron chi connectivity index (χ0n) is 13.5. The van der Waals surface area contributed by atoms with Crippen LogP contribution in [0.3, 0.4) is 0 Å². The first kappa shape index (κ1) is 15.6. The van der Waals surface area contributed by atoms with Crippen LogP contribution >= 0.6 is 0 Å². The molecule has 7 heteroatoms. The lowest BCUT2D eigenvalue weighted by atomic mass is 9.74. The molecule has 0 spiro atoms. The second-order valence-corrected chi connectivity index (χ2v) is 6.67. The van der Waals surface area contributed by atoms with E-state index in [1.807, 2.05) is 6.07 Å². The van der Waals surface area contributed by atoms with Crippen LogP contribution in [0.15, 0.2) is 35.3 Å². The monoisotopic (exact) mass is 329 g/mol. The lowest BCUT2D eigenvalue weighted by Gasteiger charge is -2.37. The van der Waals surface area contributed by atoms with E-state index in [0.29, 0.717) is 19.0 Å². The van der Waals surface area contributed by atoms with Gasteiger partial charge in [0, 0.05) is 25.2 Å². The summed E-state index contributed by atoms with van der Waals surface area (Å²) in [6.45, 7) is 2.75. The molecule has 2 unspecified atom stereocenters. The normalized spacial score (nSPS) is 30.5. The molecule has 3 aliphatic heterocycles. The fourth-order valence-corrected chi connectivity index (χ4v) is 3.68. The van der Waals surface area contributed by atoms with Crippen molar-refractivity contribution in [1.82, 2.24) is 21.5 Å². The molecule has 128 valence electrons. The Hall–Kier alpha value is -1.96. The number of carbonyl (C=O) groups is 1. The first-order valence-electron chi connectivity index (χ1n) is 8.50. The van der Waals surface area contributed by atoms with Gasteiger partial charge in [-0.1, -0.05) is 30.3 Å². The largest absolute Gasteiger partial charge is 0.381 e. The summed E-state index contributed by atoms with van der Waals surface area (Å²) in [6.07, 6.45) is 1.78. The van der Waals surface area contributed by atoms with E-state index < -0.39 is 0 Å². The van der Waals surface area contributed by atoms with E-state index in [1.165, 1.54) is 5.56 Å². The highest BCUT2D eigenvalue weighted by Crippen LogP contribution is 2.35. The van der Waals surface area contributed by atoms with Crippen molar-refractivity contribution < 1.29 is 9.53 Å². The van der Waals surface area contributed by atoms with Gasteiger partial charge in [0.05, 0.1) is 12.5 Å². The molecule has 3 saturated heterocycles. The summed E-state index contributed by atoms with van der Waals surface area (Å²) in [7, 11) is 0. The molecule has 0 saturated carbocycles. The summed E-state index contributed by atoms with van der Waals surface area (Å²) in [5, 5.41) is 6.15. The molecule has 1 aromatic rings. The molecule has 1 amide bonds. The third-order valence-corrected chi connectivity index (χ3v) is 5.23. The topological polar surface area (TPSA) is 86.8 Å². The van der Waals surface area contributed by atoms with Gasteiger partial charge in [-0.3, -0.25) is 20.5 Å². The van der Waals surface area contributed by atoms with Crippen LogP contribution in [0.1, 0.15) is 18.4 Å². The number of guanidine groups is 1. The fourth-order valence-electron chi connectivity index (χ4n) is 3.68. The Morgan fingerprint density at radius 2 is 2.00 bits per heavy atom. The number of amides is 1. The molecule has 0 bridgehead atoms. The van der Waals surface area contributed by atoms with Crippen LogP contribution in [0.5, 0.6) is 0 Å². The van der Waals surface area contributed by atoms with Crippen molar-refractivity contribution >= 4 is 11.9 Å². The first-order valence-corrected chi connectivity index (χ1v) is 8.50. The van der Waals surface area contributed by atoms with Gasteiger partial charge in [0.2, 0.25) is 5.91 Å². The zero-order valence-corrected chi connectivity index (χ0v) is 13.5. The fraction of sp³-hybridized carbons (Fsp3) is 0.529. The maximum absolute atomic E-state index is 12.2. The summed E-state index contributed by atoms with van der Waals surface area (Å²) in [6, 6.07) is 10.5. The minimum atomic E-state index is -0.102. The number of aliphatic imine (C=N–C) groups is 1. The van der Waals surface area contributed by atoms with Crippen molar-refractivity contribution in [1.29, 1.82) is 0 Å². The van der Waals surface area contributed by atoms with Crippen LogP contribution in [-0.4, -0.2) is 44.3 Å². The first-order chi connectivity index (χ1) is 11.8. The molecule has 7 nitrogen and oxygen atoms in total. The highest BCUT2D eigenvalue weighted by Gasteiger charge is 2.39. The maximum Gasteiger partial charge on any atom is 0.234 e. The number of hydrazine groups is 1. The summed E-state index contributed by atoms with van der Waals surface area (Å²) in [5.74, 6) is 0.463. The van der Waals surface area contributed by atoms with E-state index in [9.17, 15) is 4.79 Å². The van der Waals surface area contributed by atoms with Gasteiger partial charge < -0.3 is 10.1 Å². The molecule has 0 aliphatic carbocycles. The highest BCUT2D eigenvalue weighted by molar-refractivity contribution is 6.01. The Balaban J connectivity index is 1.54. The van der Waals surface area contributed by atoms with Gasteiger partial charge in [-0.25, -0.2) is 5.43 Å². The number of nitrogens with one attached hydrogen (secondary N) is 4. The van der Waals surface area contributed by atoms with E-state index in [-0.39, 0.29) is 23.4 Å². The predicted molar refractivity (Wildman–Crippen MR) is 90.2 cm³/mol. The van der Waals surface area contributed by atoms with Gasteiger partial charge >= 0.3 is 0 Å². The van der Waals surface area contributed by atoms with Gasteiger partial charge in [-0.15, -0.1) is 0 Å². The summed E-state index contributed by atoms with van der Waals surface area (Å²) >= 11 is 0. The number of ether oxygens (including phenoxy) is 1. The second kappa shape index (κ2) is 6.51. The van der Waals surface area contributed by atoms with Crippen molar-refractivity contribution in [3.05, 3.63) is 35.9 Å². The van der Waals surface area contributed by atoms with Gasteiger partial charge in [-0.2, -0.15) is 0 Å². The molecule has 4 N–H and O–H groups in total. The molecule has 2 atom stereocenters. The maximum atomic E-state index is 12.2. The average Bonchev–Trinajstić information content (AvgIpc) is 3.11. The third kappa shape index (κ3) is 2.90. The van der Waals surface area contributed by atoms with Crippen LogP contribution in [0.2, 0.25) is 0 Å². The molecule has 1 aromatic carbocycles. The van der Waals surface area contributed by atoms with E-state index >= 15 is 0 Å². The van der Waals surface area contributed by atoms with Crippen molar-refractivity contribution in [3.8, 4) is 0 Å². The number of hydrogen-bond acceptors (Lipinski definition) is 5. The Labute approximate surface area is 141 Å². The molecular formula is C17H23N5O2. The molecule has 24 heavy (non-hydrogen) atoms. The van der Waals surface area contributed by atoms with Crippen LogP contribution in [0, 0.1) is 5.92 Å². The number of nitrogens with zero attached hydrogens (tertiary/aromatic N) is 1. The number of benzene rings is 1. The van der Waals surface area contributed by atoms with Crippen LogP contribution in [0.25, 0.3) is 0 Å². The molecule has 3 aliphatic rings. The van der Waals surface area contributed by atoms with Gasteiger partial charge in [0.25, 0.3) is 0 Å². The Kier molecular flexibility index (Phi) is 4.22. The van der Waals surface area contributed by atoms with Gasteiger partial charge in [0.1, 0.15) is 6.17 Å². The summed E-state index contributed by atoms with van der Waals surface area (Å²) in [4.78, 5) is 16.9. The van der Waals surface area contributed by atoms with Crippen LogP contribution in [0.4, 0.5) is 0 Å². The van der Waals surface area contributed by atoms with E-state index in [0.717, 1.165) is 26.1 Å². The average molecular weight is 329 g/mol. The van der Waals surface area contributed by atoms with Gasteiger partial charge in [0.15, 0.2) is 5.96 Å². The SMILES string of the molecule is O=C1NC(=NCC2(c3ccccc3)CCOCC2)NC2NNCC12. The zero-order chi connectivity index (χ0) is 16.4. The minimum Gasteiger partial charge on any atom is -0.381 e. The standard InChI is InChI=1S/C17H23N5O2/c23-15-13-10-19-22-14(13)20-16(21-15)18-11-17(6-8-24-9-7-17)12-4-2-1-3-5-12/h1-5,13-14,19,22H,6-11H2,(H2,18,20,21,23). The lowest BCUT2D eigenvalue weighted by molar-refractivity contribution is -0.124. The van der Waals surface area contributed by atoms with Crippen molar-refractivity contribution in [2.45, 2.75) is 24.4 Å². The van der Waals surface area contributed by atoms with Crippen molar-refractivity contribution in [3.63, 3.8) is 0 Å². The summed E-state index contributed by atoms with van der Waals surface area (Å²) in [5.41, 5.74) is 7.34. The number of fused-ring (bicyclic) bond motifs is 1. The lowest BCUT2D eigenvalue weighted by Crippen LogP contribution is -2.61. The molecular weight excluding hydrogens is 306 g/mol. The third-order valence-electron chi connectivity index (χ3n) is 5.23. The molecule has 0 aromatic heterocycles. The van der Waals surface area contributed by atoms with Gasteiger partial charge in [-0.05, 0) is 18.4 Å². The number of carbonyl (C=O) groups excluding carboxylic acids is 1. The van der Waals surface area contributed by atoms with Crippen molar-refractivity contribution in [2.24, 2.45) is 10.9 Å². The van der Waals surface area contributed by atoms with Crippen LogP contribution < -0.4 is 21.5 Å². The molecule has 3 heterocycles. The Morgan fingerprint density at radius 1 is 1.21 bits per heavy atom. The molecule has 0 radical (unpaired) electrons. The van der Waals surface area contributed by atoms with E-state index in [2.05, 4.69) is 45.8 Å². The summed E-state index contributed by atoms with van der Waals surface area (Å²) < 4.78 is 5.56. The van der Waals surface area contributed by atoms with E-state index in [4.69, 9.17) is 9.73 Å². The van der Waals surface area contributed by atoms with Crippen molar-refractivity contribution in [2.75, 3.05) is 26.3 Å². The number of rotatable bonds is 3. The van der Waals surface area contributed by atoms with E-state index in [1.54, 1.807) is 0 Å². The predicted octanol–water partition coefficient (Wildman–Crippen LogP) is -0.140. The minimum absolute atomic E-state index is 0.00994. The quantitative estimate of drug-likeness (QED) is 0.620. The molecule has 3 fully saturated rings. The molecule has 4 rings (SSSR count). The van der Waals surface area contributed by atoms with Crippen LogP contribution in [-0.2, 0) is 14.9 Å². The second-order valence-electron chi connectivity index (χ2n) is 6.67. The number of hydrogen-bond donors (Lipinski definition) is 4. The smallest absolute Gasteiger partial charge is 0.234 e.